The van der Waals surface area contributed by atoms with Crippen LogP contribution in [0.3, 0.4) is 0 Å². The zero-order valence-corrected chi connectivity index (χ0v) is 30.5. The summed E-state index contributed by atoms with van der Waals surface area (Å²) in [6, 6.07) is 59.5. The van der Waals surface area contributed by atoms with Gasteiger partial charge in [0, 0.05) is 53.2 Å². The first kappa shape index (κ1) is 29.1. The largest absolute Gasteiger partial charge is 0.308 e. The van der Waals surface area contributed by atoms with Gasteiger partial charge in [-0.2, -0.15) is 4.98 Å². The van der Waals surface area contributed by atoms with Crippen molar-refractivity contribution in [1.29, 1.82) is 0 Å². The van der Waals surface area contributed by atoms with Crippen LogP contribution in [-0.4, -0.2) is 23.5 Å². The lowest BCUT2D eigenvalue weighted by Crippen LogP contribution is -2.06. The third-order valence-electron chi connectivity index (χ3n) is 12.2. The first-order valence-corrected chi connectivity index (χ1v) is 19.8. The molecule has 0 saturated heterocycles. The molecule has 0 saturated carbocycles. The summed E-state index contributed by atoms with van der Waals surface area (Å²) >= 11 is 1.77. The first-order chi connectivity index (χ1) is 27.8. The second-order valence-corrected chi connectivity index (χ2v) is 16.0. The molecule has 0 spiro atoms. The SMILES string of the molecule is c1ccc2c(c1)ccc1c2c2ccccc2n1-c1nc(-n2c3ccccc3c3cc4c5ccccc5n5c6ccccc6c(c32)c45)nc2c1sc1ccccc12. The summed E-state index contributed by atoms with van der Waals surface area (Å²) in [6.07, 6.45) is 0. The topological polar surface area (TPSA) is 40.0 Å². The fraction of sp³-hybridized carbons (Fsp3) is 0. The van der Waals surface area contributed by atoms with Gasteiger partial charge in [0.25, 0.3) is 0 Å². The van der Waals surface area contributed by atoms with Gasteiger partial charge in [0.2, 0.25) is 5.95 Å². The minimum Gasteiger partial charge on any atom is -0.308 e. The van der Waals surface area contributed by atoms with E-state index in [1.54, 1.807) is 11.3 Å². The van der Waals surface area contributed by atoms with Gasteiger partial charge in [0.05, 0.1) is 48.8 Å². The Morgan fingerprint density at radius 1 is 0.393 bits per heavy atom. The van der Waals surface area contributed by atoms with Crippen molar-refractivity contribution in [2.24, 2.45) is 0 Å². The number of benzene rings is 8. The average molecular weight is 730 g/mol. The summed E-state index contributed by atoms with van der Waals surface area (Å²) in [7, 11) is 0. The van der Waals surface area contributed by atoms with Crippen molar-refractivity contribution in [3.8, 4) is 11.8 Å². The van der Waals surface area contributed by atoms with Crippen molar-refractivity contribution in [2.75, 3.05) is 0 Å². The van der Waals surface area contributed by atoms with E-state index in [1.165, 1.54) is 75.1 Å². The minimum absolute atomic E-state index is 0.664. The van der Waals surface area contributed by atoms with Crippen molar-refractivity contribution in [3.63, 3.8) is 0 Å². The Bertz CT molecular complexity index is 4010. The van der Waals surface area contributed by atoms with Gasteiger partial charge in [-0.05, 0) is 53.2 Å². The standard InChI is InChI=1S/C50H27N5S/c1-2-14-29-28(13-1)25-26-41-43(29)32-17-5-11-23-40(32)54(41)49-48-45(34-19-7-12-24-42(34)56-48)51-50(52-49)55-38-21-9-4-16-31(38)36-27-35-30-15-3-8-20-37(30)53-39-22-10-6-18-33(39)44(46(35)53)47(36)55/h1-27H. The van der Waals surface area contributed by atoms with Gasteiger partial charge in [0.15, 0.2) is 5.82 Å². The Labute approximate surface area is 321 Å². The molecule has 0 aliphatic heterocycles. The lowest BCUT2D eigenvalue weighted by molar-refractivity contribution is 0.978. The zero-order chi connectivity index (χ0) is 36.2. The van der Waals surface area contributed by atoms with Gasteiger partial charge >= 0.3 is 0 Å². The molecule has 6 heteroatoms. The van der Waals surface area contributed by atoms with Crippen molar-refractivity contribution in [2.45, 2.75) is 0 Å². The summed E-state index contributed by atoms with van der Waals surface area (Å²) in [5.41, 5.74) is 9.11. The van der Waals surface area contributed by atoms with E-state index < -0.39 is 0 Å². The zero-order valence-electron chi connectivity index (χ0n) is 29.7. The second kappa shape index (κ2) is 10.3. The summed E-state index contributed by atoms with van der Waals surface area (Å²) in [4.78, 5) is 11.4. The van der Waals surface area contributed by atoms with Crippen molar-refractivity contribution in [3.05, 3.63) is 164 Å². The minimum atomic E-state index is 0.664. The van der Waals surface area contributed by atoms with Crippen LogP contribution in [-0.2, 0) is 0 Å². The molecule has 0 aliphatic rings. The third kappa shape index (κ3) is 3.47. The average Bonchev–Trinajstić information content (AvgIpc) is 4.05. The molecule has 6 aromatic heterocycles. The fourth-order valence-electron chi connectivity index (χ4n) is 9.95. The predicted molar refractivity (Wildman–Crippen MR) is 236 cm³/mol. The van der Waals surface area contributed by atoms with Crippen LogP contribution < -0.4 is 0 Å². The van der Waals surface area contributed by atoms with E-state index >= 15 is 0 Å². The molecule has 0 unspecified atom stereocenters. The van der Waals surface area contributed by atoms with Crippen LogP contribution in [0.15, 0.2) is 164 Å². The van der Waals surface area contributed by atoms with Gasteiger partial charge in [-0.1, -0.05) is 121 Å². The van der Waals surface area contributed by atoms with E-state index in [-0.39, 0.29) is 0 Å². The van der Waals surface area contributed by atoms with E-state index in [0.29, 0.717) is 5.95 Å². The Morgan fingerprint density at radius 2 is 0.964 bits per heavy atom. The monoisotopic (exact) mass is 729 g/mol. The highest BCUT2D eigenvalue weighted by Crippen LogP contribution is 2.47. The highest BCUT2D eigenvalue weighted by atomic mass is 32.1. The number of hydrogen-bond donors (Lipinski definition) is 0. The molecule has 0 radical (unpaired) electrons. The molecule has 14 rings (SSSR count). The Kier molecular flexibility index (Phi) is 5.34. The molecule has 56 heavy (non-hydrogen) atoms. The van der Waals surface area contributed by atoms with Gasteiger partial charge < -0.3 is 4.40 Å². The molecule has 0 atom stereocenters. The molecule has 0 bridgehead atoms. The quantitative estimate of drug-likeness (QED) is 0.178. The molecule has 0 aliphatic carbocycles. The van der Waals surface area contributed by atoms with Crippen LogP contribution >= 0.6 is 11.3 Å². The highest BCUT2D eigenvalue weighted by Gasteiger charge is 2.27. The van der Waals surface area contributed by atoms with Crippen LogP contribution in [0.4, 0.5) is 0 Å². The lowest BCUT2D eigenvalue weighted by atomic mass is 10.0. The highest BCUT2D eigenvalue weighted by molar-refractivity contribution is 7.26. The fourth-order valence-corrected chi connectivity index (χ4v) is 11.1. The van der Waals surface area contributed by atoms with Gasteiger partial charge in [-0.15, -0.1) is 11.3 Å². The smallest absolute Gasteiger partial charge is 0.237 e. The van der Waals surface area contributed by atoms with Gasteiger partial charge in [0.1, 0.15) is 0 Å². The Balaban J connectivity index is 1.21. The van der Waals surface area contributed by atoms with E-state index in [1.807, 2.05) is 0 Å². The number of para-hydroxylation sites is 4. The number of fused-ring (bicyclic) bond motifs is 18. The van der Waals surface area contributed by atoms with E-state index in [9.17, 15) is 0 Å². The predicted octanol–water partition coefficient (Wildman–Crippen LogP) is 13.3. The van der Waals surface area contributed by atoms with Crippen LogP contribution in [0, 0.1) is 0 Å². The molecule has 0 amide bonds. The van der Waals surface area contributed by atoms with Crippen LogP contribution in [0.2, 0.25) is 0 Å². The van der Waals surface area contributed by atoms with Crippen molar-refractivity contribution < 1.29 is 0 Å². The molecule has 5 nitrogen and oxygen atoms in total. The third-order valence-corrected chi connectivity index (χ3v) is 13.3. The molecule has 14 aromatic rings. The van der Waals surface area contributed by atoms with E-state index in [4.69, 9.17) is 9.97 Å². The maximum atomic E-state index is 5.75. The molecule has 258 valence electrons. The summed E-state index contributed by atoms with van der Waals surface area (Å²) < 4.78 is 9.47. The van der Waals surface area contributed by atoms with Crippen molar-refractivity contribution in [1.82, 2.24) is 23.5 Å². The van der Waals surface area contributed by atoms with Crippen molar-refractivity contribution >= 4 is 124 Å². The Hall–Kier alpha value is -7.28. The molecule has 6 heterocycles. The molecular weight excluding hydrogens is 703 g/mol. The normalized spacial score (nSPS) is 12.6. The number of rotatable bonds is 2. The second-order valence-electron chi connectivity index (χ2n) is 14.9. The molecular formula is C50H27N5S. The maximum Gasteiger partial charge on any atom is 0.237 e. The van der Waals surface area contributed by atoms with E-state index in [2.05, 4.69) is 177 Å². The van der Waals surface area contributed by atoms with Gasteiger partial charge in [-0.25, -0.2) is 4.98 Å². The lowest BCUT2D eigenvalue weighted by Gasteiger charge is -2.13. The van der Waals surface area contributed by atoms with E-state index in [0.717, 1.165) is 43.5 Å². The van der Waals surface area contributed by atoms with Crippen LogP contribution in [0.1, 0.15) is 0 Å². The molecule has 0 fully saturated rings. The summed E-state index contributed by atoms with van der Waals surface area (Å²) in [6.45, 7) is 0. The number of hydrogen-bond acceptors (Lipinski definition) is 3. The Morgan fingerprint density at radius 3 is 1.75 bits per heavy atom. The van der Waals surface area contributed by atoms with Crippen LogP contribution in [0.25, 0.3) is 125 Å². The number of aromatic nitrogens is 5. The molecule has 0 N–H and O–H groups in total. The van der Waals surface area contributed by atoms with Crippen LogP contribution in [0.5, 0.6) is 0 Å². The first-order valence-electron chi connectivity index (χ1n) is 19.0. The maximum absolute atomic E-state index is 5.75. The number of nitrogens with zero attached hydrogens (tertiary/aromatic N) is 5. The number of thiophene rings is 1. The summed E-state index contributed by atoms with van der Waals surface area (Å²) in [5, 5.41) is 13.4. The van der Waals surface area contributed by atoms with Gasteiger partial charge in [-0.3, -0.25) is 9.13 Å². The molecule has 8 aromatic carbocycles. The summed E-state index contributed by atoms with van der Waals surface area (Å²) in [5.74, 6) is 1.56.